The number of amides is 2. The van der Waals surface area contributed by atoms with E-state index >= 15 is 0 Å². The molecule has 0 bridgehead atoms. The van der Waals surface area contributed by atoms with Crippen LogP contribution in [0.1, 0.15) is 32.4 Å². The Labute approximate surface area is 147 Å². The molecule has 7 heteroatoms. The lowest BCUT2D eigenvalue weighted by Gasteiger charge is -2.18. The van der Waals surface area contributed by atoms with Gasteiger partial charge in [0.2, 0.25) is 0 Å². The number of carbonyl (C=O) groups excluding carboxylic acids is 2. The van der Waals surface area contributed by atoms with Crippen molar-refractivity contribution >= 4 is 35.0 Å². The second-order valence-corrected chi connectivity index (χ2v) is 6.83. The molecule has 23 heavy (non-hydrogen) atoms. The quantitative estimate of drug-likeness (QED) is 0.684. The van der Waals surface area contributed by atoms with E-state index in [1.807, 2.05) is 20.8 Å². The van der Waals surface area contributed by atoms with E-state index in [0.717, 1.165) is 10.5 Å². The highest BCUT2D eigenvalue weighted by molar-refractivity contribution is 6.35. The summed E-state index contributed by atoms with van der Waals surface area (Å²) in [4.78, 5) is 24.6. The van der Waals surface area contributed by atoms with Crippen molar-refractivity contribution in [3.8, 4) is 0 Å². The molecule has 0 heterocycles. The van der Waals surface area contributed by atoms with Gasteiger partial charge < -0.3 is 15.5 Å². The Bertz CT molecular complexity index is 564. The molecule has 1 aromatic carbocycles. The predicted molar refractivity (Wildman–Crippen MR) is 92.9 cm³/mol. The Hall–Kier alpha value is -1.30. The number of benzene rings is 1. The molecule has 1 aromatic rings. The summed E-state index contributed by atoms with van der Waals surface area (Å²) in [5.74, 6) is -0.211. The van der Waals surface area contributed by atoms with Crippen molar-refractivity contribution in [2.45, 2.75) is 32.9 Å². The van der Waals surface area contributed by atoms with Gasteiger partial charge in [-0.1, -0.05) is 29.3 Å². The molecular formula is C16H24Cl2N3O2+. The van der Waals surface area contributed by atoms with E-state index < -0.39 is 0 Å². The number of rotatable bonds is 7. The number of carbonyl (C=O) groups is 2. The Morgan fingerprint density at radius 1 is 1.09 bits per heavy atom. The van der Waals surface area contributed by atoms with Gasteiger partial charge in [0.15, 0.2) is 13.1 Å². The summed E-state index contributed by atoms with van der Waals surface area (Å²) < 4.78 is 0. The first kappa shape index (κ1) is 19.7. The molecule has 0 aliphatic carbocycles. The van der Waals surface area contributed by atoms with Crippen LogP contribution in [0.4, 0.5) is 0 Å². The maximum atomic E-state index is 12.1. The molecule has 1 unspecified atom stereocenters. The molecule has 0 fully saturated rings. The molecule has 0 aliphatic heterocycles. The van der Waals surface area contributed by atoms with E-state index in [2.05, 4.69) is 10.6 Å². The zero-order valence-electron chi connectivity index (χ0n) is 13.9. The van der Waals surface area contributed by atoms with Crippen LogP contribution in [-0.2, 0) is 9.59 Å². The monoisotopic (exact) mass is 360 g/mol. The molecule has 0 spiro atoms. The predicted octanol–water partition coefficient (Wildman–Crippen LogP) is 1.21. The van der Waals surface area contributed by atoms with Gasteiger partial charge in [0.25, 0.3) is 11.8 Å². The van der Waals surface area contributed by atoms with Crippen molar-refractivity contribution in [1.82, 2.24) is 10.6 Å². The van der Waals surface area contributed by atoms with E-state index in [1.165, 1.54) is 0 Å². The van der Waals surface area contributed by atoms with Gasteiger partial charge in [-0.15, -0.1) is 0 Å². The first-order valence-electron chi connectivity index (χ1n) is 7.54. The molecule has 2 amide bonds. The first-order valence-corrected chi connectivity index (χ1v) is 8.29. The third-order valence-corrected chi connectivity index (χ3v) is 3.74. The Balaban J connectivity index is 2.50. The van der Waals surface area contributed by atoms with Gasteiger partial charge in [-0.05, 0) is 38.5 Å². The van der Waals surface area contributed by atoms with Gasteiger partial charge >= 0.3 is 0 Å². The van der Waals surface area contributed by atoms with Crippen LogP contribution >= 0.6 is 23.2 Å². The Morgan fingerprint density at radius 3 is 2.17 bits per heavy atom. The Kier molecular flexibility index (Phi) is 7.82. The van der Waals surface area contributed by atoms with Crippen LogP contribution in [0.5, 0.6) is 0 Å². The molecule has 0 aromatic heterocycles. The van der Waals surface area contributed by atoms with Crippen molar-refractivity contribution in [1.29, 1.82) is 0 Å². The highest BCUT2D eigenvalue weighted by atomic mass is 35.5. The number of hydrogen-bond donors (Lipinski definition) is 3. The van der Waals surface area contributed by atoms with Gasteiger partial charge in [-0.2, -0.15) is 0 Å². The molecule has 5 nitrogen and oxygen atoms in total. The average molecular weight is 361 g/mol. The van der Waals surface area contributed by atoms with Gasteiger partial charge in [0.1, 0.15) is 0 Å². The minimum absolute atomic E-state index is 0.0703. The molecule has 0 radical (unpaired) electrons. The number of likely N-dealkylation sites (N-methyl/N-ethyl adjacent to an activating group) is 1. The van der Waals surface area contributed by atoms with Crippen LogP contribution in [0.3, 0.4) is 0 Å². The van der Waals surface area contributed by atoms with Gasteiger partial charge in [0, 0.05) is 16.1 Å². The maximum absolute atomic E-state index is 12.1. The summed E-state index contributed by atoms with van der Waals surface area (Å²) >= 11 is 12.0. The minimum Gasteiger partial charge on any atom is -0.349 e. The van der Waals surface area contributed by atoms with Gasteiger partial charge in [-0.25, -0.2) is 0 Å². The summed E-state index contributed by atoms with van der Waals surface area (Å²) in [6.45, 7) is 6.12. The van der Waals surface area contributed by atoms with Crippen molar-refractivity contribution in [2.75, 3.05) is 20.1 Å². The lowest BCUT2D eigenvalue weighted by molar-refractivity contribution is -0.862. The van der Waals surface area contributed by atoms with Crippen molar-refractivity contribution < 1.29 is 14.5 Å². The number of hydrogen-bond acceptors (Lipinski definition) is 2. The molecule has 0 saturated carbocycles. The summed E-state index contributed by atoms with van der Waals surface area (Å²) in [5, 5.41) is 6.76. The van der Waals surface area contributed by atoms with Crippen LogP contribution in [-0.4, -0.2) is 38.0 Å². The van der Waals surface area contributed by atoms with E-state index in [1.54, 1.807) is 25.2 Å². The average Bonchev–Trinajstić information content (AvgIpc) is 2.36. The molecule has 0 aliphatic rings. The third kappa shape index (κ3) is 7.20. The molecule has 2 atom stereocenters. The summed E-state index contributed by atoms with van der Waals surface area (Å²) in [5.41, 5.74) is 0.805. The minimum atomic E-state index is -0.232. The number of halogens is 2. The molecule has 1 rings (SSSR count). The lowest BCUT2D eigenvalue weighted by Crippen LogP contribution is -3.11. The zero-order chi connectivity index (χ0) is 17.6. The lowest BCUT2D eigenvalue weighted by atomic mass is 10.1. The summed E-state index contributed by atoms with van der Waals surface area (Å²) in [7, 11) is 1.80. The fourth-order valence-corrected chi connectivity index (χ4v) is 2.78. The standard InChI is InChI=1S/C16H23Cl2N3O2/c1-10(2)19-15(22)8-21(4)9-16(23)20-11(3)13-6-5-12(17)7-14(13)18/h5-7,10-11H,8-9H2,1-4H3,(H,19,22)(H,20,23)/p+1/t11-/m1/s1. The highest BCUT2D eigenvalue weighted by Crippen LogP contribution is 2.25. The molecule has 3 N–H and O–H groups in total. The third-order valence-electron chi connectivity index (χ3n) is 3.18. The fourth-order valence-electron chi connectivity index (χ4n) is 2.21. The second-order valence-electron chi connectivity index (χ2n) is 5.99. The number of nitrogens with one attached hydrogen (secondary N) is 3. The molecule has 0 saturated heterocycles. The van der Waals surface area contributed by atoms with Gasteiger partial charge in [-0.3, -0.25) is 9.59 Å². The normalized spacial score (nSPS) is 13.5. The highest BCUT2D eigenvalue weighted by Gasteiger charge is 2.18. The van der Waals surface area contributed by atoms with E-state index in [-0.39, 0.29) is 37.0 Å². The van der Waals surface area contributed by atoms with Crippen molar-refractivity contribution in [2.24, 2.45) is 0 Å². The van der Waals surface area contributed by atoms with E-state index in [4.69, 9.17) is 23.2 Å². The van der Waals surface area contributed by atoms with Crippen molar-refractivity contribution in [3.05, 3.63) is 33.8 Å². The van der Waals surface area contributed by atoms with Crippen LogP contribution in [0.25, 0.3) is 0 Å². The van der Waals surface area contributed by atoms with Gasteiger partial charge in [0.05, 0.1) is 13.1 Å². The summed E-state index contributed by atoms with van der Waals surface area (Å²) in [6, 6.07) is 5.04. The topological polar surface area (TPSA) is 62.6 Å². The zero-order valence-corrected chi connectivity index (χ0v) is 15.4. The van der Waals surface area contributed by atoms with E-state index in [0.29, 0.717) is 10.0 Å². The van der Waals surface area contributed by atoms with Crippen LogP contribution in [0, 0.1) is 0 Å². The smallest absolute Gasteiger partial charge is 0.275 e. The first-order chi connectivity index (χ1) is 10.7. The Morgan fingerprint density at radius 2 is 1.65 bits per heavy atom. The van der Waals surface area contributed by atoms with Crippen LogP contribution in [0.2, 0.25) is 10.0 Å². The van der Waals surface area contributed by atoms with Crippen LogP contribution < -0.4 is 15.5 Å². The van der Waals surface area contributed by atoms with Crippen molar-refractivity contribution in [3.63, 3.8) is 0 Å². The van der Waals surface area contributed by atoms with E-state index in [9.17, 15) is 9.59 Å². The maximum Gasteiger partial charge on any atom is 0.275 e. The SMILES string of the molecule is CC(C)NC(=O)C[NH+](C)CC(=O)N[C@H](C)c1ccc(Cl)cc1Cl. The largest absolute Gasteiger partial charge is 0.349 e. The molecule has 128 valence electrons. The van der Waals surface area contributed by atoms with Crippen LogP contribution in [0.15, 0.2) is 18.2 Å². The molecular weight excluding hydrogens is 337 g/mol. The summed E-state index contributed by atoms with van der Waals surface area (Å²) in [6.07, 6.45) is 0. The number of quaternary nitrogens is 1. The second kappa shape index (κ2) is 9.11. The fraction of sp³-hybridized carbons (Fsp3) is 0.500.